The molecule has 3 heteroatoms. The summed E-state index contributed by atoms with van der Waals surface area (Å²) in [4.78, 5) is 2.85. The summed E-state index contributed by atoms with van der Waals surface area (Å²) in [5.41, 5.74) is 0. The molecule has 1 aliphatic heterocycles. The first-order valence-electron chi connectivity index (χ1n) is 8.02. The molecule has 1 heterocycles. The minimum absolute atomic E-state index is 0.509. The van der Waals surface area contributed by atoms with Crippen LogP contribution in [-0.2, 0) is 0 Å². The van der Waals surface area contributed by atoms with Crippen molar-refractivity contribution >= 4 is 14.7 Å². The molecule has 0 aromatic heterocycles. The van der Waals surface area contributed by atoms with E-state index in [0.29, 0.717) is 0 Å². The van der Waals surface area contributed by atoms with Gasteiger partial charge in [0.1, 0.15) is 0 Å². The van der Waals surface area contributed by atoms with E-state index >= 15 is 0 Å². The molecule has 106 valence electrons. The van der Waals surface area contributed by atoms with Crippen LogP contribution in [0.15, 0.2) is 0 Å². The Kier molecular flexibility index (Phi) is 6.55. The van der Waals surface area contributed by atoms with E-state index in [1.807, 2.05) is 0 Å². The number of nitrogens with one attached hydrogen (secondary N) is 1. The SMILES string of the molecule is CC[As](CC)CC(C1CCCC1)N1CCNCC1. The van der Waals surface area contributed by atoms with E-state index in [-0.39, 0.29) is 0 Å². The summed E-state index contributed by atoms with van der Waals surface area (Å²) in [5.74, 6) is 1.04. The van der Waals surface area contributed by atoms with E-state index in [0.717, 1.165) is 12.0 Å². The van der Waals surface area contributed by atoms with Crippen molar-refractivity contribution in [3.8, 4) is 0 Å². The summed E-state index contributed by atoms with van der Waals surface area (Å²) in [5, 5.41) is 8.14. The molecule has 0 aromatic rings. The normalized spacial score (nSPS) is 24.8. The van der Waals surface area contributed by atoms with Gasteiger partial charge in [-0.15, -0.1) is 0 Å². The van der Waals surface area contributed by atoms with Crippen molar-refractivity contribution in [3.05, 3.63) is 0 Å². The molecule has 0 amide bonds. The Balaban J connectivity index is 1.96. The molecule has 0 bridgehead atoms. The fourth-order valence-electron chi connectivity index (χ4n) is 3.66. The average molecular weight is 314 g/mol. The molecule has 2 aliphatic rings. The predicted molar refractivity (Wildman–Crippen MR) is 81.7 cm³/mol. The monoisotopic (exact) mass is 314 g/mol. The quantitative estimate of drug-likeness (QED) is 0.758. The van der Waals surface area contributed by atoms with Crippen molar-refractivity contribution in [2.45, 2.75) is 61.2 Å². The van der Waals surface area contributed by atoms with E-state index in [9.17, 15) is 0 Å². The van der Waals surface area contributed by atoms with Crippen molar-refractivity contribution < 1.29 is 0 Å². The zero-order chi connectivity index (χ0) is 12.8. The van der Waals surface area contributed by atoms with E-state index < -0.39 is 14.7 Å². The molecule has 1 saturated carbocycles. The second-order valence-corrected chi connectivity index (χ2v) is 12.1. The predicted octanol–water partition coefficient (Wildman–Crippen LogP) is 2.99. The molecule has 1 saturated heterocycles. The summed E-state index contributed by atoms with van der Waals surface area (Å²) in [6.07, 6.45) is 6.03. The van der Waals surface area contributed by atoms with Gasteiger partial charge < -0.3 is 0 Å². The molecule has 0 spiro atoms. The number of hydrogen-bond acceptors (Lipinski definition) is 2. The maximum absolute atomic E-state index is 3.51. The second kappa shape index (κ2) is 7.92. The zero-order valence-electron chi connectivity index (χ0n) is 12.3. The van der Waals surface area contributed by atoms with E-state index in [4.69, 9.17) is 0 Å². The Morgan fingerprint density at radius 1 is 1.11 bits per heavy atom. The van der Waals surface area contributed by atoms with Gasteiger partial charge >= 0.3 is 118 Å². The van der Waals surface area contributed by atoms with Crippen LogP contribution >= 0.6 is 0 Å². The Bertz CT molecular complexity index is 219. The van der Waals surface area contributed by atoms with Gasteiger partial charge in [-0.2, -0.15) is 0 Å². The second-order valence-electron chi connectivity index (χ2n) is 5.88. The van der Waals surface area contributed by atoms with Gasteiger partial charge in [-0.3, -0.25) is 0 Å². The first-order chi connectivity index (χ1) is 8.85. The summed E-state index contributed by atoms with van der Waals surface area (Å²) >= 11 is -0.509. The Labute approximate surface area is 118 Å². The van der Waals surface area contributed by atoms with Crippen molar-refractivity contribution in [2.75, 3.05) is 26.2 Å². The first-order valence-corrected chi connectivity index (χ1v) is 12.0. The van der Waals surface area contributed by atoms with Gasteiger partial charge in [0, 0.05) is 0 Å². The molecule has 2 nitrogen and oxygen atoms in total. The first kappa shape index (κ1) is 14.9. The fourth-order valence-corrected chi connectivity index (χ4v) is 7.91. The molecular formula is C15H31AsN2. The number of nitrogens with zero attached hydrogens (tertiary/aromatic N) is 1. The van der Waals surface area contributed by atoms with Crippen LogP contribution in [0.2, 0.25) is 15.6 Å². The van der Waals surface area contributed by atoms with Crippen molar-refractivity contribution in [1.82, 2.24) is 10.2 Å². The van der Waals surface area contributed by atoms with Crippen LogP contribution in [0.1, 0.15) is 39.5 Å². The number of hydrogen-bond donors (Lipinski definition) is 1. The van der Waals surface area contributed by atoms with Crippen LogP contribution in [-0.4, -0.2) is 51.8 Å². The van der Waals surface area contributed by atoms with E-state index in [2.05, 4.69) is 24.1 Å². The van der Waals surface area contributed by atoms with Gasteiger partial charge in [-0.25, -0.2) is 0 Å². The van der Waals surface area contributed by atoms with Crippen LogP contribution in [0.4, 0.5) is 0 Å². The number of piperazine rings is 1. The van der Waals surface area contributed by atoms with Gasteiger partial charge in [0.2, 0.25) is 0 Å². The van der Waals surface area contributed by atoms with Gasteiger partial charge in [-0.1, -0.05) is 0 Å². The molecule has 2 fully saturated rings. The Hall–Kier alpha value is 0.478. The molecule has 1 aliphatic carbocycles. The van der Waals surface area contributed by atoms with Crippen LogP contribution < -0.4 is 5.32 Å². The molecule has 1 unspecified atom stereocenters. The third kappa shape index (κ3) is 3.98. The van der Waals surface area contributed by atoms with Gasteiger partial charge in [0.15, 0.2) is 0 Å². The molecular weight excluding hydrogens is 283 g/mol. The van der Waals surface area contributed by atoms with E-state index in [1.165, 1.54) is 62.3 Å². The number of rotatable bonds is 6. The van der Waals surface area contributed by atoms with Crippen LogP contribution in [0.5, 0.6) is 0 Å². The molecule has 1 atom stereocenters. The Morgan fingerprint density at radius 3 is 2.28 bits per heavy atom. The Morgan fingerprint density at radius 2 is 1.72 bits per heavy atom. The third-order valence-electron chi connectivity index (χ3n) is 4.90. The van der Waals surface area contributed by atoms with Gasteiger partial charge in [0.25, 0.3) is 0 Å². The van der Waals surface area contributed by atoms with Gasteiger partial charge in [0.05, 0.1) is 0 Å². The molecule has 18 heavy (non-hydrogen) atoms. The summed E-state index contributed by atoms with van der Waals surface area (Å²) in [6.45, 7) is 9.91. The fraction of sp³-hybridized carbons (Fsp3) is 1.00. The summed E-state index contributed by atoms with van der Waals surface area (Å²) in [6, 6.07) is 0.953. The standard InChI is InChI=1S/C15H31AsN2/c1-3-16(4-2)13-15(14-7-5-6-8-14)18-11-9-17-10-12-18/h14-15,17H,3-13H2,1-2H3. The topological polar surface area (TPSA) is 15.3 Å². The molecule has 1 N–H and O–H groups in total. The molecule has 0 radical (unpaired) electrons. The van der Waals surface area contributed by atoms with Gasteiger partial charge in [-0.05, 0) is 0 Å². The van der Waals surface area contributed by atoms with Crippen molar-refractivity contribution in [3.63, 3.8) is 0 Å². The van der Waals surface area contributed by atoms with Crippen LogP contribution in [0.3, 0.4) is 0 Å². The van der Waals surface area contributed by atoms with Crippen LogP contribution in [0, 0.1) is 5.92 Å². The minimum atomic E-state index is -0.509. The third-order valence-corrected chi connectivity index (χ3v) is 10.5. The molecule has 0 aromatic carbocycles. The van der Waals surface area contributed by atoms with Crippen molar-refractivity contribution in [1.29, 1.82) is 0 Å². The maximum atomic E-state index is 3.51. The zero-order valence-corrected chi connectivity index (χ0v) is 14.2. The summed E-state index contributed by atoms with van der Waals surface area (Å²) in [7, 11) is 0. The molecule has 2 rings (SSSR count). The summed E-state index contributed by atoms with van der Waals surface area (Å²) < 4.78 is 0. The average Bonchev–Trinajstić information content (AvgIpc) is 2.95. The van der Waals surface area contributed by atoms with E-state index in [1.54, 1.807) is 5.21 Å². The van der Waals surface area contributed by atoms with Crippen molar-refractivity contribution in [2.24, 2.45) is 5.92 Å². The van der Waals surface area contributed by atoms with Crippen LogP contribution in [0.25, 0.3) is 0 Å².